The van der Waals surface area contributed by atoms with Crippen molar-refractivity contribution in [1.82, 2.24) is 0 Å². The minimum atomic E-state index is 0.00445. The number of aliphatic hydroxyl groups is 1. The Balaban J connectivity index is 2.83. The Morgan fingerprint density at radius 2 is 2.12 bits per heavy atom. The SMILES string of the molecule is Cc1ccc(NC(CO)CC(C)C)c(C#N)c1. The van der Waals surface area contributed by atoms with E-state index >= 15 is 0 Å². The van der Waals surface area contributed by atoms with Crippen molar-refractivity contribution in [3.8, 4) is 6.07 Å². The predicted molar refractivity (Wildman–Crippen MR) is 69.8 cm³/mol. The Hall–Kier alpha value is -1.53. The van der Waals surface area contributed by atoms with Gasteiger partial charge < -0.3 is 10.4 Å². The number of benzene rings is 1. The Kier molecular flexibility index (Phi) is 4.99. The minimum absolute atomic E-state index is 0.00445. The first-order valence-electron chi connectivity index (χ1n) is 5.95. The maximum atomic E-state index is 9.31. The van der Waals surface area contributed by atoms with Crippen LogP contribution in [0.3, 0.4) is 0 Å². The molecule has 0 saturated carbocycles. The normalized spacial score (nSPS) is 12.2. The van der Waals surface area contributed by atoms with Gasteiger partial charge in [-0.05, 0) is 37.0 Å². The monoisotopic (exact) mass is 232 g/mol. The molecule has 1 atom stereocenters. The average molecular weight is 232 g/mol. The summed E-state index contributed by atoms with van der Waals surface area (Å²) in [4.78, 5) is 0. The number of aryl methyl sites for hydroxylation is 1. The highest BCUT2D eigenvalue weighted by molar-refractivity contribution is 5.59. The van der Waals surface area contributed by atoms with Crippen LogP contribution in [0.2, 0.25) is 0 Å². The van der Waals surface area contributed by atoms with Gasteiger partial charge in [-0.3, -0.25) is 0 Å². The lowest BCUT2D eigenvalue weighted by Gasteiger charge is -2.20. The second kappa shape index (κ2) is 6.27. The van der Waals surface area contributed by atoms with Crippen LogP contribution in [-0.2, 0) is 0 Å². The lowest BCUT2D eigenvalue weighted by molar-refractivity contribution is 0.259. The summed E-state index contributed by atoms with van der Waals surface area (Å²) in [5.41, 5.74) is 2.50. The van der Waals surface area contributed by atoms with Crippen molar-refractivity contribution < 1.29 is 5.11 Å². The maximum absolute atomic E-state index is 9.31. The van der Waals surface area contributed by atoms with Gasteiger partial charge in [0.2, 0.25) is 0 Å². The van der Waals surface area contributed by atoms with Crippen molar-refractivity contribution >= 4 is 5.69 Å². The van der Waals surface area contributed by atoms with Crippen LogP contribution in [0.5, 0.6) is 0 Å². The molecule has 0 spiro atoms. The number of nitrogens with zero attached hydrogens (tertiary/aromatic N) is 1. The number of rotatable bonds is 5. The molecule has 0 heterocycles. The topological polar surface area (TPSA) is 56.0 Å². The molecule has 1 aromatic rings. The fraction of sp³-hybridized carbons (Fsp3) is 0.500. The molecule has 1 aromatic carbocycles. The van der Waals surface area contributed by atoms with Gasteiger partial charge in [0.25, 0.3) is 0 Å². The second-order valence-electron chi connectivity index (χ2n) is 4.81. The van der Waals surface area contributed by atoms with Gasteiger partial charge in [-0.25, -0.2) is 0 Å². The van der Waals surface area contributed by atoms with Gasteiger partial charge in [0.05, 0.1) is 17.9 Å². The van der Waals surface area contributed by atoms with E-state index in [0.29, 0.717) is 11.5 Å². The molecule has 2 N–H and O–H groups in total. The van der Waals surface area contributed by atoms with Gasteiger partial charge in [-0.1, -0.05) is 19.9 Å². The molecule has 0 aromatic heterocycles. The fourth-order valence-electron chi connectivity index (χ4n) is 1.84. The molecule has 3 nitrogen and oxygen atoms in total. The number of nitriles is 1. The summed E-state index contributed by atoms with van der Waals surface area (Å²) in [6.07, 6.45) is 0.884. The number of aliphatic hydroxyl groups excluding tert-OH is 1. The van der Waals surface area contributed by atoms with Gasteiger partial charge in [0.1, 0.15) is 6.07 Å². The van der Waals surface area contributed by atoms with Gasteiger partial charge in [-0.2, -0.15) is 5.26 Å². The van der Waals surface area contributed by atoms with Crippen molar-refractivity contribution in [2.45, 2.75) is 33.2 Å². The molecule has 3 heteroatoms. The van der Waals surface area contributed by atoms with Crippen LogP contribution in [0.4, 0.5) is 5.69 Å². The molecular weight excluding hydrogens is 212 g/mol. The highest BCUT2D eigenvalue weighted by Gasteiger charge is 2.11. The first kappa shape index (κ1) is 13.5. The fourth-order valence-corrected chi connectivity index (χ4v) is 1.84. The van der Waals surface area contributed by atoms with E-state index in [2.05, 4.69) is 25.2 Å². The Bertz CT molecular complexity index is 407. The molecule has 0 aliphatic rings. The van der Waals surface area contributed by atoms with Gasteiger partial charge in [-0.15, -0.1) is 0 Å². The van der Waals surface area contributed by atoms with E-state index in [4.69, 9.17) is 5.26 Å². The zero-order chi connectivity index (χ0) is 12.8. The summed E-state index contributed by atoms with van der Waals surface area (Å²) in [5.74, 6) is 0.510. The maximum Gasteiger partial charge on any atom is 0.101 e. The molecular formula is C14H20N2O. The van der Waals surface area contributed by atoms with Crippen molar-refractivity contribution in [1.29, 1.82) is 5.26 Å². The lowest BCUT2D eigenvalue weighted by Crippen LogP contribution is -2.26. The summed E-state index contributed by atoms with van der Waals surface area (Å²) < 4.78 is 0. The molecule has 0 bridgehead atoms. The summed E-state index contributed by atoms with van der Waals surface area (Å²) in [6, 6.07) is 7.90. The van der Waals surface area contributed by atoms with Crippen LogP contribution >= 0.6 is 0 Å². The lowest BCUT2D eigenvalue weighted by atomic mass is 10.0. The van der Waals surface area contributed by atoms with Crippen LogP contribution in [0, 0.1) is 24.2 Å². The van der Waals surface area contributed by atoms with Crippen LogP contribution in [0.25, 0.3) is 0 Å². The largest absolute Gasteiger partial charge is 0.394 e. The van der Waals surface area contributed by atoms with E-state index in [1.807, 2.05) is 25.1 Å². The standard InChI is InChI=1S/C14H20N2O/c1-10(2)6-13(9-17)16-14-5-4-11(3)7-12(14)8-15/h4-5,7,10,13,16-17H,6,9H2,1-3H3. The number of hydrogen-bond acceptors (Lipinski definition) is 3. The molecule has 1 rings (SSSR count). The third-order valence-electron chi connectivity index (χ3n) is 2.63. The molecule has 0 amide bonds. The first-order chi connectivity index (χ1) is 8.06. The highest BCUT2D eigenvalue weighted by Crippen LogP contribution is 2.19. The van der Waals surface area contributed by atoms with E-state index in [-0.39, 0.29) is 12.6 Å². The van der Waals surface area contributed by atoms with Crippen molar-refractivity contribution in [3.63, 3.8) is 0 Å². The number of nitrogens with one attached hydrogen (secondary N) is 1. The minimum Gasteiger partial charge on any atom is -0.394 e. The summed E-state index contributed by atoms with van der Waals surface area (Å²) >= 11 is 0. The Morgan fingerprint density at radius 1 is 1.41 bits per heavy atom. The van der Waals surface area contributed by atoms with Gasteiger partial charge >= 0.3 is 0 Å². The predicted octanol–water partition coefficient (Wildman–Crippen LogP) is 2.69. The van der Waals surface area contributed by atoms with E-state index in [0.717, 1.165) is 17.7 Å². The smallest absolute Gasteiger partial charge is 0.101 e. The first-order valence-corrected chi connectivity index (χ1v) is 5.95. The highest BCUT2D eigenvalue weighted by atomic mass is 16.3. The third kappa shape index (κ3) is 4.08. The summed E-state index contributed by atoms with van der Waals surface area (Å²) in [5, 5.41) is 21.6. The molecule has 0 aliphatic heterocycles. The molecule has 92 valence electrons. The molecule has 17 heavy (non-hydrogen) atoms. The van der Waals surface area contributed by atoms with Crippen LogP contribution < -0.4 is 5.32 Å². The third-order valence-corrected chi connectivity index (χ3v) is 2.63. The van der Waals surface area contributed by atoms with Crippen LogP contribution in [0.1, 0.15) is 31.4 Å². The molecule has 1 unspecified atom stereocenters. The zero-order valence-corrected chi connectivity index (χ0v) is 10.7. The van der Waals surface area contributed by atoms with E-state index < -0.39 is 0 Å². The molecule has 0 aliphatic carbocycles. The quantitative estimate of drug-likeness (QED) is 0.820. The number of hydrogen-bond donors (Lipinski definition) is 2. The van der Waals surface area contributed by atoms with Crippen LogP contribution in [-0.4, -0.2) is 17.8 Å². The average Bonchev–Trinajstić information content (AvgIpc) is 2.29. The van der Waals surface area contributed by atoms with E-state index in [1.165, 1.54) is 0 Å². The number of anilines is 1. The molecule has 0 saturated heterocycles. The zero-order valence-electron chi connectivity index (χ0n) is 10.7. The Labute approximate surface area is 103 Å². The van der Waals surface area contributed by atoms with Gasteiger partial charge in [0, 0.05) is 6.04 Å². The van der Waals surface area contributed by atoms with Crippen molar-refractivity contribution in [3.05, 3.63) is 29.3 Å². The Morgan fingerprint density at radius 3 is 2.65 bits per heavy atom. The van der Waals surface area contributed by atoms with Crippen molar-refractivity contribution in [2.24, 2.45) is 5.92 Å². The van der Waals surface area contributed by atoms with Crippen molar-refractivity contribution in [2.75, 3.05) is 11.9 Å². The summed E-state index contributed by atoms with van der Waals surface area (Å²) in [7, 11) is 0. The second-order valence-corrected chi connectivity index (χ2v) is 4.81. The van der Waals surface area contributed by atoms with Crippen LogP contribution in [0.15, 0.2) is 18.2 Å². The van der Waals surface area contributed by atoms with Gasteiger partial charge in [0.15, 0.2) is 0 Å². The molecule has 0 radical (unpaired) electrons. The van der Waals surface area contributed by atoms with E-state index in [9.17, 15) is 5.11 Å². The summed E-state index contributed by atoms with van der Waals surface area (Å²) in [6.45, 7) is 6.27. The molecule has 0 fully saturated rings. The van der Waals surface area contributed by atoms with E-state index in [1.54, 1.807) is 0 Å².